The van der Waals surface area contributed by atoms with E-state index in [9.17, 15) is 4.79 Å². The van der Waals surface area contributed by atoms with Gasteiger partial charge in [-0.15, -0.1) is 0 Å². The second-order valence-electron chi connectivity index (χ2n) is 7.87. The normalized spacial score (nSPS) is 16.3. The number of rotatable bonds is 4. The molecule has 0 aromatic heterocycles. The fourth-order valence-corrected chi connectivity index (χ4v) is 3.07. The van der Waals surface area contributed by atoms with Crippen molar-refractivity contribution in [1.82, 2.24) is 4.90 Å². The van der Waals surface area contributed by atoms with Crippen molar-refractivity contribution in [1.29, 1.82) is 0 Å². The predicted octanol–water partition coefficient (Wildman–Crippen LogP) is 3.81. The molecule has 0 aliphatic carbocycles. The minimum atomic E-state index is -0.485. The molecule has 0 bridgehead atoms. The molecule has 1 amide bonds. The van der Waals surface area contributed by atoms with Gasteiger partial charge < -0.3 is 14.5 Å². The number of benzene rings is 1. The van der Waals surface area contributed by atoms with Crippen LogP contribution in [0.15, 0.2) is 24.3 Å². The van der Waals surface area contributed by atoms with Crippen LogP contribution in [0.1, 0.15) is 33.6 Å². The van der Waals surface area contributed by atoms with E-state index in [1.807, 2.05) is 32.9 Å². The Hall–Kier alpha value is -1.75. The lowest BCUT2D eigenvalue weighted by atomic mass is 9.96. The smallest absolute Gasteiger partial charge is 0.412 e. The third-order valence-electron chi connectivity index (χ3n) is 4.12. The largest absolute Gasteiger partial charge is 0.444 e. The summed E-state index contributed by atoms with van der Waals surface area (Å²) in [6.07, 6.45) is 2.05. The summed E-state index contributed by atoms with van der Waals surface area (Å²) in [4.78, 5) is 16.5. The van der Waals surface area contributed by atoms with Gasteiger partial charge in [0.1, 0.15) is 5.60 Å². The van der Waals surface area contributed by atoms with E-state index in [0.717, 1.165) is 24.7 Å². The third kappa shape index (κ3) is 6.04. The third-order valence-corrected chi connectivity index (χ3v) is 4.12. The van der Waals surface area contributed by atoms with Crippen molar-refractivity contribution < 1.29 is 9.53 Å². The van der Waals surface area contributed by atoms with Gasteiger partial charge in [0.05, 0.1) is 0 Å². The molecule has 1 aromatic rings. The van der Waals surface area contributed by atoms with Crippen LogP contribution in [-0.2, 0) is 4.74 Å². The van der Waals surface area contributed by atoms with E-state index in [0.29, 0.717) is 0 Å². The van der Waals surface area contributed by atoms with Crippen LogP contribution in [0.3, 0.4) is 0 Å². The molecule has 24 heavy (non-hydrogen) atoms. The molecule has 5 heteroatoms. The number of piperidine rings is 1. The van der Waals surface area contributed by atoms with Gasteiger partial charge >= 0.3 is 6.09 Å². The number of hydrogen-bond donors (Lipinski definition) is 1. The van der Waals surface area contributed by atoms with Crippen molar-refractivity contribution in [2.24, 2.45) is 5.92 Å². The van der Waals surface area contributed by atoms with Crippen LogP contribution >= 0.6 is 0 Å². The fourth-order valence-electron chi connectivity index (χ4n) is 3.07. The highest BCUT2D eigenvalue weighted by atomic mass is 16.6. The molecule has 0 unspecified atom stereocenters. The molecule has 1 N–H and O–H groups in total. The van der Waals surface area contributed by atoms with Crippen molar-refractivity contribution in [3.05, 3.63) is 24.3 Å². The molecule has 5 nitrogen and oxygen atoms in total. The number of nitrogens with zero attached hydrogens (tertiary/aromatic N) is 2. The van der Waals surface area contributed by atoms with Crippen molar-refractivity contribution in [3.63, 3.8) is 0 Å². The highest BCUT2D eigenvalue weighted by Gasteiger charge is 2.20. The molecule has 1 aliphatic rings. The van der Waals surface area contributed by atoms with E-state index in [1.54, 1.807) is 0 Å². The average molecular weight is 333 g/mol. The number of amides is 1. The molecular formula is C19H31N3O2. The summed E-state index contributed by atoms with van der Waals surface area (Å²) in [6, 6.07) is 8.01. The number of hydrogen-bond acceptors (Lipinski definition) is 4. The summed E-state index contributed by atoms with van der Waals surface area (Å²) in [5, 5.41) is 2.77. The van der Waals surface area contributed by atoms with Gasteiger partial charge in [0.25, 0.3) is 0 Å². The zero-order valence-electron chi connectivity index (χ0n) is 15.6. The summed E-state index contributed by atoms with van der Waals surface area (Å²) >= 11 is 0. The molecule has 134 valence electrons. The molecule has 2 rings (SSSR count). The van der Waals surface area contributed by atoms with Gasteiger partial charge in [0.2, 0.25) is 0 Å². The minimum absolute atomic E-state index is 0.417. The molecule has 0 atom stereocenters. The summed E-state index contributed by atoms with van der Waals surface area (Å²) in [6.45, 7) is 8.93. The van der Waals surface area contributed by atoms with Crippen LogP contribution in [-0.4, -0.2) is 50.3 Å². The Morgan fingerprint density at radius 2 is 1.79 bits per heavy atom. The van der Waals surface area contributed by atoms with Crippen molar-refractivity contribution in [2.45, 2.75) is 39.2 Å². The summed E-state index contributed by atoms with van der Waals surface area (Å²) in [5.74, 6) is 0.796. The highest BCUT2D eigenvalue weighted by Crippen LogP contribution is 2.25. The Kier molecular flexibility index (Phi) is 6.10. The van der Waals surface area contributed by atoms with Crippen LogP contribution in [0.4, 0.5) is 16.2 Å². The van der Waals surface area contributed by atoms with E-state index >= 15 is 0 Å². The SMILES string of the molecule is CN(C)CC1CCN(c2ccc(NC(=O)OC(C)(C)C)cc2)CC1. The van der Waals surface area contributed by atoms with E-state index in [4.69, 9.17) is 4.74 Å². The van der Waals surface area contributed by atoms with E-state index in [-0.39, 0.29) is 0 Å². The quantitative estimate of drug-likeness (QED) is 0.910. The standard InChI is InChI=1S/C19H31N3O2/c1-19(2,3)24-18(23)20-16-6-8-17(9-7-16)22-12-10-15(11-13-22)14-21(4)5/h6-9,15H,10-14H2,1-5H3,(H,20,23). The first-order valence-corrected chi connectivity index (χ1v) is 8.73. The average Bonchev–Trinajstić information content (AvgIpc) is 2.46. The number of ether oxygens (including phenoxy) is 1. The van der Waals surface area contributed by atoms with E-state index in [2.05, 4.69) is 41.3 Å². The molecule has 1 fully saturated rings. The van der Waals surface area contributed by atoms with Crippen LogP contribution < -0.4 is 10.2 Å². The van der Waals surface area contributed by atoms with Crippen LogP contribution in [0.5, 0.6) is 0 Å². The van der Waals surface area contributed by atoms with Gasteiger partial charge in [-0.2, -0.15) is 0 Å². The summed E-state index contributed by atoms with van der Waals surface area (Å²) in [5.41, 5.74) is 1.49. The van der Waals surface area contributed by atoms with E-state index < -0.39 is 11.7 Å². The lowest BCUT2D eigenvalue weighted by Crippen LogP contribution is -2.37. The maximum Gasteiger partial charge on any atom is 0.412 e. The molecule has 0 spiro atoms. The predicted molar refractivity (Wildman–Crippen MR) is 99.8 cm³/mol. The zero-order valence-corrected chi connectivity index (χ0v) is 15.6. The van der Waals surface area contributed by atoms with Gasteiger partial charge in [-0.1, -0.05) is 0 Å². The van der Waals surface area contributed by atoms with Crippen LogP contribution in [0.25, 0.3) is 0 Å². The highest BCUT2D eigenvalue weighted by molar-refractivity contribution is 5.85. The lowest BCUT2D eigenvalue weighted by Gasteiger charge is -2.34. The number of nitrogens with one attached hydrogen (secondary N) is 1. The Balaban J connectivity index is 1.85. The maximum atomic E-state index is 11.8. The summed E-state index contributed by atoms with van der Waals surface area (Å²) in [7, 11) is 4.28. The van der Waals surface area contributed by atoms with Crippen LogP contribution in [0.2, 0.25) is 0 Å². The topological polar surface area (TPSA) is 44.8 Å². The maximum absolute atomic E-state index is 11.8. The van der Waals surface area contributed by atoms with Crippen molar-refractivity contribution in [3.8, 4) is 0 Å². The molecule has 0 radical (unpaired) electrons. The van der Waals surface area contributed by atoms with Gasteiger partial charge in [0.15, 0.2) is 0 Å². The Morgan fingerprint density at radius 3 is 2.29 bits per heavy atom. The van der Waals surface area contributed by atoms with Crippen molar-refractivity contribution in [2.75, 3.05) is 43.9 Å². The number of carbonyl (C=O) groups is 1. The van der Waals surface area contributed by atoms with Crippen molar-refractivity contribution >= 4 is 17.5 Å². The van der Waals surface area contributed by atoms with Gasteiger partial charge in [-0.3, -0.25) is 5.32 Å². The lowest BCUT2D eigenvalue weighted by molar-refractivity contribution is 0.0636. The monoisotopic (exact) mass is 333 g/mol. The summed E-state index contributed by atoms with van der Waals surface area (Å²) < 4.78 is 5.27. The molecule has 1 aromatic carbocycles. The first kappa shape index (κ1) is 18.6. The van der Waals surface area contributed by atoms with Gasteiger partial charge in [-0.05, 0) is 77.9 Å². The Bertz CT molecular complexity index is 527. The molecule has 1 saturated heterocycles. The Labute approximate surface area is 146 Å². The van der Waals surface area contributed by atoms with Crippen LogP contribution in [0, 0.1) is 5.92 Å². The van der Waals surface area contributed by atoms with E-state index in [1.165, 1.54) is 25.1 Å². The fraction of sp³-hybridized carbons (Fsp3) is 0.632. The second-order valence-corrected chi connectivity index (χ2v) is 7.87. The molecule has 1 heterocycles. The number of anilines is 2. The molecule has 0 saturated carbocycles. The Morgan fingerprint density at radius 1 is 1.21 bits per heavy atom. The molecule has 1 aliphatic heterocycles. The second kappa shape index (κ2) is 7.88. The van der Waals surface area contributed by atoms with Gasteiger partial charge in [-0.25, -0.2) is 4.79 Å². The van der Waals surface area contributed by atoms with Gasteiger partial charge in [0, 0.05) is 31.0 Å². The minimum Gasteiger partial charge on any atom is -0.444 e. The number of carbonyl (C=O) groups excluding carboxylic acids is 1. The first-order chi connectivity index (χ1) is 11.2. The first-order valence-electron chi connectivity index (χ1n) is 8.73. The zero-order chi connectivity index (χ0) is 17.7. The molecular weight excluding hydrogens is 302 g/mol.